The number of halogens is 2. The van der Waals surface area contributed by atoms with E-state index < -0.39 is 33.1 Å². The third-order valence-electron chi connectivity index (χ3n) is 7.62. The number of rotatable bonds is 11. The Morgan fingerprint density at radius 2 is 1.73 bits per heavy atom. The number of carbonyl (C=O) groups is 2. The minimum absolute atomic E-state index is 0.0146. The number of nitrogens with one attached hydrogen (secondary N) is 2. The predicted molar refractivity (Wildman–Crippen MR) is 150 cm³/mol. The summed E-state index contributed by atoms with van der Waals surface area (Å²) >= 11 is 6.26. The molecular weight excluding hydrogens is 561 g/mol. The van der Waals surface area contributed by atoms with Crippen LogP contribution in [-0.2, 0) is 14.8 Å². The lowest BCUT2D eigenvalue weighted by molar-refractivity contribution is -0.121. The van der Waals surface area contributed by atoms with Crippen molar-refractivity contribution in [3.8, 4) is 11.5 Å². The van der Waals surface area contributed by atoms with Gasteiger partial charge in [-0.3, -0.25) is 9.59 Å². The van der Waals surface area contributed by atoms with Crippen LogP contribution in [0.15, 0.2) is 35.2 Å². The first-order valence-electron chi connectivity index (χ1n) is 13.5. The minimum Gasteiger partial charge on any atom is -0.488 e. The van der Waals surface area contributed by atoms with Crippen LogP contribution >= 0.6 is 11.6 Å². The van der Waals surface area contributed by atoms with Gasteiger partial charge in [-0.05, 0) is 76.0 Å². The number of likely N-dealkylation sites (N-methyl/N-ethyl adjacent to an activating group) is 1. The molecule has 4 rings (SSSR count). The average Bonchev–Trinajstić information content (AvgIpc) is 3.44. The first kappa shape index (κ1) is 30.1. The number of nitrogens with zero attached hydrogens (tertiary/aromatic N) is 1. The highest BCUT2D eigenvalue weighted by Crippen LogP contribution is 2.40. The van der Waals surface area contributed by atoms with Crippen LogP contribution < -0.4 is 19.5 Å². The van der Waals surface area contributed by atoms with E-state index in [0.717, 1.165) is 56.7 Å². The molecule has 2 aliphatic rings. The highest BCUT2D eigenvalue weighted by molar-refractivity contribution is 7.90. The van der Waals surface area contributed by atoms with Crippen LogP contribution in [0, 0.1) is 11.7 Å². The van der Waals surface area contributed by atoms with Crippen molar-refractivity contribution in [2.45, 2.75) is 68.3 Å². The maximum atomic E-state index is 15.3. The van der Waals surface area contributed by atoms with Gasteiger partial charge in [-0.2, -0.15) is 0 Å². The SMILES string of the molecule is CN(C)[C@H]1CCCC[C@@H]1Nc1ccc(S(=O)(=O)NC(=O)c2cc(Cl)c(OCC3CCCC3)c(OC=O)c2F)cc1. The van der Waals surface area contributed by atoms with Crippen molar-refractivity contribution < 1.29 is 31.9 Å². The lowest BCUT2D eigenvalue weighted by atomic mass is 9.89. The summed E-state index contributed by atoms with van der Waals surface area (Å²) in [6.45, 7) is 0.231. The highest BCUT2D eigenvalue weighted by Gasteiger charge is 2.29. The number of hydrogen-bond acceptors (Lipinski definition) is 8. The second-order valence-corrected chi connectivity index (χ2v) is 12.7. The summed E-state index contributed by atoms with van der Waals surface area (Å²) in [4.78, 5) is 26.0. The first-order chi connectivity index (χ1) is 19.1. The van der Waals surface area contributed by atoms with Gasteiger partial charge in [0.05, 0.1) is 22.1 Å². The van der Waals surface area contributed by atoms with Gasteiger partial charge in [-0.1, -0.05) is 37.3 Å². The molecule has 2 aliphatic carbocycles. The summed E-state index contributed by atoms with van der Waals surface area (Å²) in [7, 11) is -0.263. The van der Waals surface area contributed by atoms with Crippen molar-refractivity contribution in [3.63, 3.8) is 0 Å². The zero-order valence-corrected chi connectivity index (χ0v) is 24.2. The second kappa shape index (κ2) is 13.2. The van der Waals surface area contributed by atoms with Gasteiger partial charge in [-0.15, -0.1) is 0 Å². The van der Waals surface area contributed by atoms with E-state index in [-0.39, 0.29) is 40.7 Å². The molecule has 0 saturated heterocycles. The van der Waals surface area contributed by atoms with Crippen LogP contribution in [0.2, 0.25) is 5.02 Å². The molecule has 2 fully saturated rings. The summed E-state index contributed by atoms with van der Waals surface area (Å²) in [5.41, 5.74) is 0.0506. The smallest absolute Gasteiger partial charge is 0.298 e. The Balaban J connectivity index is 1.48. The number of amides is 1. The van der Waals surface area contributed by atoms with Crippen molar-refractivity contribution in [3.05, 3.63) is 46.7 Å². The molecule has 0 spiro atoms. The molecule has 0 aliphatic heterocycles. The topological polar surface area (TPSA) is 114 Å². The fraction of sp³-hybridized carbons (Fsp3) is 0.500. The van der Waals surface area contributed by atoms with Gasteiger partial charge in [-0.25, -0.2) is 17.5 Å². The van der Waals surface area contributed by atoms with Gasteiger partial charge < -0.3 is 19.7 Å². The fourth-order valence-corrected chi connectivity index (χ4v) is 6.71. The normalized spacial score (nSPS) is 19.8. The second-order valence-electron chi connectivity index (χ2n) is 10.6. The number of sulfonamides is 1. The lowest BCUT2D eigenvalue weighted by Gasteiger charge is -2.37. The van der Waals surface area contributed by atoms with E-state index in [1.807, 2.05) is 18.8 Å². The van der Waals surface area contributed by atoms with Gasteiger partial charge in [0.2, 0.25) is 5.75 Å². The van der Waals surface area contributed by atoms with Crippen LogP contribution in [0.25, 0.3) is 0 Å². The molecular formula is C28H35ClFN3O6S. The van der Waals surface area contributed by atoms with Crippen molar-refractivity contribution >= 4 is 39.7 Å². The summed E-state index contributed by atoms with van der Waals surface area (Å²) in [6, 6.07) is 7.55. The Labute approximate surface area is 239 Å². The summed E-state index contributed by atoms with van der Waals surface area (Å²) in [5.74, 6) is -3.15. The lowest BCUT2D eigenvalue weighted by Crippen LogP contribution is -2.45. The van der Waals surface area contributed by atoms with E-state index in [1.165, 1.54) is 18.6 Å². The van der Waals surface area contributed by atoms with E-state index in [2.05, 4.69) is 10.2 Å². The minimum atomic E-state index is -4.35. The van der Waals surface area contributed by atoms with Crippen molar-refractivity contribution in [2.75, 3.05) is 26.0 Å². The molecule has 0 heterocycles. The molecule has 0 unspecified atom stereocenters. The zero-order chi connectivity index (χ0) is 28.9. The van der Waals surface area contributed by atoms with Crippen molar-refractivity contribution in [1.82, 2.24) is 9.62 Å². The van der Waals surface area contributed by atoms with Crippen LogP contribution in [0.4, 0.5) is 10.1 Å². The predicted octanol–water partition coefficient (Wildman–Crippen LogP) is 4.99. The maximum absolute atomic E-state index is 15.3. The Bertz CT molecular complexity index is 1320. The molecule has 2 N–H and O–H groups in total. The molecule has 2 aromatic rings. The zero-order valence-electron chi connectivity index (χ0n) is 22.6. The van der Waals surface area contributed by atoms with Crippen LogP contribution in [0.1, 0.15) is 61.7 Å². The van der Waals surface area contributed by atoms with E-state index in [1.54, 1.807) is 12.1 Å². The average molecular weight is 596 g/mol. The van der Waals surface area contributed by atoms with Gasteiger partial charge >= 0.3 is 0 Å². The summed E-state index contributed by atoms with van der Waals surface area (Å²) in [6.07, 6.45) is 8.42. The highest BCUT2D eigenvalue weighted by atomic mass is 35.5. The standard InChI is InChI=1S/C28H35ClFN3O6S/c1-33(2)24-10-6-5-9-23(24)31-19-11-13-20(14-12-19)40(36,37)32-28(35)21-15-22(29)26(27(25(21)30)39-17-34)38-16-18-7-3-4-8-18/h11-15,17-18,23-24,31H,3-10,16H2,1-2H3,(H,32,35)/t23-,24-/m0/s1. The van der Waals surface area contributed by atoms with Crippen LogP contribution in [0.3, 0.4) is 0 Å². The van der Waals surface area contributed by atoms with Crippen molar-refractivity contribution in [1.29, 1.82) is 0 Å². The van der Waals surface area contributed by atoms with E-state index >= 15 is 4.39 Å². The molecule has 0 aromatic heterocycles. The molecule has 0 bridgehead atoms. The quantitative estimate of drug-likeness (QED) is 0.349. The number of carbonyl (C=O) groups excluding carboxylic acids is 2. The van der Waals surface area contributed by atoms with E-state index in [9.17, 15) is 18.0 Å². The third kappa shape index (κ3) is 7.05. The molecule has 2 atom stereocenters. The number of ether oxygens (including phenoxy) is 2. The molecule has 2 saturated carbocycles. The largest absolute Gasteiger partial charge is 0.488 e. The third-order valence-corrected chi connectivity index (χ3v) is 9.24. The van der Waals surface area contributed by atoms with Gasteiger partial charge in [0.25, 0.3) is 22.4 Å². The monoisotopic (exact) mass is 595 g/mol. The summed E-state index contributed by atoms with van der Waals surface area (Å²) < 4.78 is 53.5. The molecule has 218 valence electrons. The Morgan fingerprint density at radius 1 is 1.07 bits per heavy atom. The molecule has 40 heavy (non-hydrogen) atoms. The Hall–Kier alpha value is -2.89. The Kier molecular flexibility index (Phi) is 9.91. The molecule has 9 nitrogen and oxygen atoms in total. The molecule has 2 aromatic carbocycles. The number of hydrogen-bond donors (Lipinski definition) is 2. The first-order valence-corrected chi connectivity index (χ1v) is 15.3. The van der Waals surface area contributed by atoms with Gasteiger partial charge in [0.1, 0.15) is 0 Å². The summed E-state index contributed by atoms with van der Waals surface area (Å²) in [5, 5.41) is 3.29. The molecule has 0 radical (unpaired) electrons. The van der Waals surface area contributed by atoms with Crippen LogP contribution in [0.5, 0.6) is 11.5 Å². The van der Waals surface area contributed by atoms with Crippen molar-refractivity contribution in [2.24, 2.45) is 5.92 Å². The van der Waals surface area contributed by atoms with E-state index in [4.69, 9.17) is 21.1 Å². The van der Waals surface area contributed by atoms with E-state index in [0.29, 0.717) is 6.04 Å². The number of anilines is 1. The van der Waals surface area contributed by atoms with Gasteiger partial charge in [0, 0.05) is 17.8 Å². The Morgan fingerprint density at radius 3 is 2.38 bits per heavy atom. The maximum Gasteiger partial charge on any atom is 0.298 e. The van der Waals surface area contributed by atoms with Crippen LogP contribution in [-0.4, -0.2) is 58.5 Å². The fourth-order valence-electron chi connectivity index (χ4n) is 5.50. The number of benzene rings is 2. The molecule has 1 amide bonds. The molecule has 12 heteroatoms. The van der Waals surface area contributed by atoms with Gasteiger partial charge in [0.15, 0.2) is 11.6 Å².